The molecule has 0 spiro atoms. The summed E-state index contributed by atoms with van der Waals surface area (Å²) in [6.45, 7) is 0.955. The summed E-state index contributed by atoms with van der Waals surface area (Å²) in [7, 11) is -4.38. The Kier molecular flexibility index (Phi) is 7.63. The summed E-state index contributed by atoms with van der Waals surface area (Å²) >= 11 is 5.88. The van der Waals surface area contributed by atoms with Crippen LogP contribution in [0.25, 0.3) is 0 Å². The van der Waals surface area contributed by atoms with Crippen LogP contribution in [-0.2, 0) is 21.0 Å². The first-order valence-corrected chi connectivity index (χ1v) is 11.6. The molecule has 3 rings (SSSR count). The van der Waals surface area contributed by atoms with Crippen LogP contribution in [-0.4, -0.2) is 27.1 Å². The molecule has 11 heteroatoms. The number of hydrogen-bond acceptors (Lipinski definition) is 4. The van der Waals surface area contributed by atoms with Gasteiger partial charge in [-0.1, -0.05) is 47.5 Å². The van der Waals surface area contributed by atoms with Crippen molar-refractivity contribution in [3.05, 3.63) is 94.5 Å². The summed E-state index contributed by atoms with van der Waals surface area (Å²) < 4.78 is 66.9. The monoisotopic (exact) mass is 509 g/mol. The van der Waals surface area contributed by atoms with Gasteiger partial charge in [-0.3, -0.25) is 9.10 Å². The molecule has 0 atom stereocenters. The fourth-order valence-electron chi connectivity index (χ4n) is 2.92. The van der Waals surface area contributed by atoms with Crippen molar-refractivity contribution in [2.75, 3.05) is 10.8 Å². The van der Waals surface area contributed by atoms with Crippen molar-refractivity contribution in [1.29, 1.82) is 0 Å². The van der Waals surface area contributed by atoms with Gasteiger partial charge in [-0.2, -0.15) is 18.3 Å². The van der Waals surface area contributed by atoms with Gasteiger partial charge in [-0.15, -0.1) is 0 Å². The second kappa shape index (κ2) is 10.3. The van der Waals surface area contributed by atoms with Crippen molar-refractivity contribution in [3.63, 3.8) is 0 Å². The van der Waals surface area contributed by atoms with Crippen LogP contribution in [0.1, 0.15) is 16.7 Å². The van der Waals surface area contributed by atoms with E-state index in [9.17, 15) is 26.4 Å². The van der Waals surface area contributed by atoms with Gasteiger partial charge in [-0.05, 0) is 55.0 Å². The van der Waals surface area contributed by atoms with Gasteiger partial charge >= 0.3 is 6.18 Å². The van der Waals surface area contributed by atoms with E-state index in [-0.39, 0.29) is 10.6 Å². The van der Waals surface area contributed by atoms with Crippen LogP contribution in [0.15, 0.2) is 82.8 Å². The third-order valence-corrected chi connectivity index (χ3v) is 6.63. The molecular weight excluding hydrogens is 491 g/mol. The van der Waals surface area contributed by atoms with E-state index >= 15 is 0 Å². The van der Waals surface area contributed by atoms with Crippen LogP contribution >= 0.6 is 11.6 Å². The van der Waals surface area contributed by atoms with Crippen LogP contribution in [0.2, 0.25) is 5.02 Å². The van der Waals surface area contributed by atoms with Gasteiger partial charge in [0.05, 0.1) is 22.4 Å². The molecule has 0 fully saturated rings. The number of hydrogen-bond donors (Lipinski definition) is 1. The maximum Gasteiger partial charge on any atom is 0.416 e. The Labute approximate surface area is 199 Å². The van der Waals surface area contributed by atoms with Crippen LogP contribution in [0, 0.1) is 6.92 Å². The molecule has 178 valence electrons. The number of rotatable bonds is 7. The van der Waals surface area contributed by atoms with E-state index in [0.717, 1.165) is 17.7 Å². The first-order valence-electron chi connectivity index (χ1n) is 9.81. The molecular formula is C23H19ClF3N3O3S. The van der Waals surface area contributed by atoms with Crippen molar-refractivity contribution in [2.24, 2.45) is 5.10 Å². The van der Waals surface area contributed by atoms with E-state index in [1.807, 2.05) is 0 Å². The molecule has 0 heterocycles. The minimum Gasteiger partial charge on any atom is -0.271 e. The first kappa shape index (κ1) is 25.3. The van der Waals surface area contributed by atoms with E-state index < -0.39 is 34.2 Å². The molecule has 0 unspecified atom stereocenters. The molecule has 0 saturated carbocycles. The SMILES string of the molecule is Cc1ccc(S(=O)(=O)N(CC(=O)N/N=C\c2cccc(Cl)c2)c2cccc(C(F)(F)F)c2)cc1. The lowest BCUT2D eigenvalue weighted by molar-refractivity contribution is -0.137. The second-order valence-electron chi connectivity index (χ2n) is 7.22. The molecule has 1 N–H and O–H groups in total. The Morgan fingerprint density at radius 3 is 2.38 bits per heavy atom. The van der Waals surface area contributed by atoms with Gasteiger partial charge in [0.2, 0.25) is 0 Å². The zero-order valence-corrected chi connectivity index (χ0v) is 19.3. The number of alkyl halides is 3. The first-order chi connectivity index (χ1) is 16.0. The Hall–Kier alpha value is -3.37. The number of carbonyl (C=O) groups excluding carboxylic acids is 1. The average molecular weight is 510 g/mol. The van der Waals surface area contributed by atoms with Gasteiger partial charge in [0.1, 0.15) is 6.54 Å². The Balaban J connectivity index is 1.92. The largest absolute Gasteiger partial charge is 0.416 e. The van der Waals surface area contributed by atoms with E-state index in [0.29, 0.717) is 21.0 Å². The van der Waals surface area contributed by atoms with Gasteiger partial charge in [0.15, 0.2) is 0 Å². The lowest BCUT2D eigenvalue weighted by Gasteiger charge is -2.24. The van der Waals surface area contributed by atoms with Gasteiger partial charge < -0.3 is 0 Å². The van der Waals surface area contributed by atoms with Crippen molar-refractivity contribution in [3.8, 4) is 0 Å². The topological polar surface area (TPSA) is 78.8 Å². The molecule has 0 aliphatic heterocycles. The lowest BCUT2D eigenvalue weighted by Crippen LogP contribution is -2.39. The molecule has 0 aliphatic carbocycles. The highest BCUT2D eigenvalue weighted by Gasteiger charge is 2.33. The third-order valence-electron chi connectivity index (χ3n) is 4.61. The van der Waals surface area contributed by atoms with E-state index in [1.165, 1.54) is 24.4 Å². The number of amides is 1. The van der Waals surface area contributed by atoms with Crippen molar-refractivity contribution in [2.45, 2.75) is 18.0 Å². The third kappa shape index (κ3) is 6.36. The number of carbonyl (C=O) groups is 1. The minimum atomic E-state index is -4.70. The van der Waals surface area contributed by atoms with Crippen LogP contribution < -0.4 is 9.73 Å². The molecule has 0 saturated heterocycles. The summed E-state index contributed by atoms with van der Waals surface area (Å²) in [5.41, 5.74) is 2.19. The highest BCUT2D eigenvalue weighted by atomic mass is 35.5. The number of aryl methyl sites for hydroxylation is 1. The average Bonchev–Trinajstić information content (AvgIpc) is 2.77. The zero-order chi connectivity index (χ0) is 24.9. The molecule has 0 aromatic heterocycles. The molecule has 34 heavy (non-hydrogen) atoms. The predicted molar refractivity (Wildman–Crippen MR) is 124 cm³/mol. The van der Waals surface area contributed by atoms with E-state index in [4.69, 9.17) is 11.6 Å². The Morgan fingerprint density at radius 1 is 1.06 bits per heavy atom. The fourth-order valence-corrected chi connectivity index (χ4v) is 4.53. The second-order valence-corrected chi connectivity index (χ2v) is 9.52. The fraction of sp³-hybridized carbons (Fsp3) is 0.130. The molecule has 1 amide bonds. The number of nitrogens with zero attached hydrogens (tertiary/aromatic N) is 2. The van der Waals surface area contributed by atoms with Gasteiger partial charge in [0.25, 0.3) is 15.9 Å². The maximum absolute atomic E-state index is 13.3. The minimum absolute atomic E-state index is 0.175. The standard InChI is InChI=1S/C23H19ClF3N3O3S/c1-16-8-10-21(11-9-16)34(32,33)30(20-7-3-5-18(13-20)23(25,26)27)15-22(31)29-28-14-17-4-2-6-19(24)12-17/h2-14H,15H2,1H3,(H,29,31)/b28-14-. The molecule has 3 aromatic carbocycles. The summed E-state index contributed by atoms with van der Waals surface area (Å²) in [5, 5.41) is 4.22. The number of halogens is 4. The van der Waals surface area contributed by atoms with Crippen molar-refractivity contribution < 1.29 is 26.4 Å². The molecule has 3 aromatic rings. The maximum atomic E-state index is 13.3. The smallest absolute Gasteiger partial charge is 0.271 e. The van der Waals surface area contributed by atoms with Crippen molar-refractivity contribution >= 4 is 39.4 Å². The van der Waals surface area contributed by atoms with Crippen LogP contribution in [0.5, 0.6) is 0 Å². The van der Waals surface area contributed by atoms with E-state index in [2.05, 4.69) is 10.5 Å². The quantitative estimate of drug-likeness (QED) is 0.359. The summed E-state index contributed by atoms with van der Waals surface area (Å²) in [5.74, 6) is -0.855. The lowest BCUT2D eigenvalue weighted by atomic mass is 10.2. The van der Waals surface area contributed by atoms with Gasteiger partial charge in [0, 0.05) is 5.02 Å². The zero-order valence-electron chi connectivity index (χ0n) is 17.8. The number of hydrazone groups is 1. The van der Waals surface area contributed by atoms with E-state index in [1.54, 1.807) is 43.3 Å². The van der Waals surface area contributed by atoms with Gasteiger partial charge in [-0.25, -0.2) is 13.8 Å². The normalized spacial score (nSPS) is 12.0. The highest BCUT2D eigenvalue weighted by Crippen LogP contribution is 2.33. The highest BCUT2D eigenvalue weighted by molar-refractivity contribution is 7.92. The molecule has 0 bridgehead atoms. The number of anilines is 1. The summed E-state index contributed by atoms with van der Waals surface area (Å²) in [6.07, 6.45) is -3.40. The summed E-state index contributed by atoms with van der Waals surface area (Å²) in [6, 6.07) is 16.1. The predicted octanol–water partition coefficient (Wildman–Crippen LogP) is 5.01. The number of nitrogens with one attached hydrogen (secondary N) is 1. The Morgan fingerprint density at radius 2 is 1.74 bits per heavy atom. The number of sulfonamides is 1. The van der Waals surface area contributed by atoms with Crippen LogP contribution in [0.3, 0.4) is 0 Å². The Bertz CT molecular complexity index is 1310. The molecule has 6 nitrogen and oxygen atoms in total. The molecule has 0 radical (unpaired) electrons. The molecule has 0 aliphatic rings. The van der Waals surface area contributed by atoms with Crippen molar-refractivity contribution in [1.82, 2.24) is 5.43 Å². The summed E-state index contributed by atoms with van der Waals surface area (Å²) in [4.78, 5) is 12.3. The number of benzene rings is 3. The van der Waals surface area contributed by atoms with Crippen LogP contribution in [0.4, 0.5) is 18.9 Å².